The summed E-state index contributed by atoms with van der Waals surface area (Å²) in [6.45, 7) is 2.99. The van der Waals surface area contributed by atoms with Gasteiger partial charge in [-0.25, -0.2) is 0 Å². The Labute approximate surface area is 168 Å². The highest BCUT2D eigenvalue weighted by molar-refractivity contribution is 6.07. The van der Waals surface area contributed by atoms with Crippen LogP contribution in [0.5, 0.6) is 11.5 Å². The van der Waals surface area contributed by atoms with Crippen molar-refractivity contribution in [2.75, 3.05) is 23.8 Å². The molecule has 6 heteroatoms. The fourth-order valence-electron chi connectivity index (χ4n) is 2.94. The minimum Gasteiger partial charge on any atom is -0.486 e. The van der Waals surface area contributed by atoms with E-state index >= 15 is 0 Å². The number of aryl methyl sites for hydroxylation is 1. The number of benzene rings is 3. The number of hydrogen-bond donors (Lipinski definition) is 2. The molecule has 1 aliphatic heterocycles. The second-order valence-corrected chi connectivity index (χ2v) is 6.71. The van der Waals surface area contributed by atoms with Crippen molar-refractivity contribution in [1.82, 2.24) is 0 Å². The Kier molecular flexibility index (Phi) is 5.16. The normalized spacial score (nSPS) is 12.2. The average molecular weight is 388 g/mol. The van der Waals surface area contributed by atoms with Gasteiger partial charge in [-0.1, -0.05) is 17.7 Å². The molecular formula is C23H20N2O4. The summed E-state index contributed by atoms with van der Waals surface area (Å²) in [6.07, 6.45) is 0. The molecule has 3 aromatic carbocycles. The summed E-state index contributed by atoms with van der Waals surface area (Å²) in [4.78, 5) is 24.9. The van der Waals surface area contributed by atoms with E-state index in [-0.39, 0.29) is 11.8 Å². The van der Waals surface area contributed by atoms with Crippen molar-refractivity contribution >= 4 is 23.2 Å². The van der Waals surface area contributed by atoms with Crippen molar-refractivity contribution in [3.63, 3.8) is 0 Å². The zero-order valence-electron chi connectivity index (χ0n) is 15.9. The van der Waals surface area contributed by atoms with Gasteiger partial charge in [0, 0.05) is 28.6 Å². The van der Waals surface area contributed by atoms with Gasteiger partial charge in [-0.15, -0.1) is 0 Å². The molecule has 1 heterocycles. The average Bonchev–Trinajstić information content (AvgIpc) is 2.75. The number of carbonyl (C=O) groups is 2. The topological polar surface area (TPSA) is 76.7 Å². The Hall–Kier alpha value is -3.80. The molecule has 3 aromatic rings. The van der Waals surface area contributed by atoms with Gasteiger partial charge in [-0.05, 0) is 55.5 Å². The lowest BCUT2D eigenvalue weighted by molar-refractivity contribution is 0.101. The Balaban J connectivity index is 1.41. The number of rotatable bonds is 4. The number of hydrogen-bond acceptors (Lipinski definition) is 4. The fraction of sp³-hybridized carbons (Fsp3) is 0.130. The van der Waals surface area contributed by atoms with Gasteiger partial charge >= 0.3 is 0 Å². The lowest BCUT2D eigenvalue weighted by Crippen LogP contribution is -2.16. The van der Waals surface area contributed by atoms with Gasteiger partial charge in [0.15, 0.2) is 11.5 Å². The van der Waals surface area contributed by atoms with E-state index in [9.17, 15) is 9.59 Å². The molecule has 0 saturated heterocycles. The highest BCUT2D eigenvalue weighted by Gasteiger charge is 2.14. The molecule has 0 saturated carbocycles. The first kappa shape index (κ1) is 18.6. The van der Waals surface area contributed by atoms with Crippen LogP contribution in [0, 0.1) is 6.92 Å². The van der Waals surface area contributed by atoms with Crippen LogP contribution >= 0.6 is 0 Å². The van der Waals surface area contributed by atoms with Crippen molar-refractivity contribution < 1.29 is 19.1 Å². The van der Waals surface area contributed by atoms with E-state index in [1.165, 1.54) is 0 Å². The van der Waals surface area contributed by atoms with Crippen LogP contribution < -0.4 is 20.1 Å². The Bertz CT molecular complexity index is 1040. The molecule has 29 heavy (non-hydrogen) atoms. The maximum absolute atomic E-state index is 12.5. The maximum atomic E-state index is 12.5. The molecule has 6 nitrogen and oxygen atoms in total. The minimum absolute atomic E-state index is 0.229. The number of ether oxygens (including phenoxy) is 2. The van der Waals surface area contributed by atoms with Crippen LogP contribution in [0.15, 0.2) is 66.7 Å². The van der Waals surface area contributed by atoms with Gasteiger partial charge in [0.05, 0.1) is 0 Å². The molecule has 0 bridgehead atoms. The summed E-state index contributed by atoms with van der Waals surface area (Å²) in [5.74, 6) is 0.773. The predicted molar refractivity (Wildman–Crippen MR) is 111 cm³/mol. The summed E-state index contributed by atoms with van der Waals surface area (Å²) in [7, 11) is 0. The molecule has 0 aliphatic carbocycles. The van der Waals surface area contributed by atoms with Crippen LogP contribution in [0.2, 0.25) is 0 Å². The minimum atomic E-state index is -0.271. The highest BCUT2D eigenvalue weighted by Crippen LogP contribution is 2.32. The van der Waals surface area contributed by atoms with Crippen molar-refractivity contribution in [2.24, 2.45) is 0 Å². The van der Waals surface area contributed by atoms with Gasteiger partial charge in [0.25, 0.3) is 11.8 Å². The van der Waals surface area contributed by atoms with Crippen LogP contribution in [0.3, 0.4) is 0 Å². The molecule has 0 radical (unpaired) electrons. The molecule has 0 atom stereocenters. The summed E-state index contributed by atoms with van der Waals surface area (Å²) in [5, 5.41) is 5.66. The van der Waals surface area contributed by atoms with E-state index in [0.29, 0.717) is 41.5 Å². The Morgan fingerprint density at radius 1 is 0.690 bits per heavy atom. The molecule has 2 amide bonds. The third-order valence-electron chi connectivity index (χ3n) is 4.52. The Morgan fingerprint density at radius 2 is 1.21 bits per heavy atom. The van der Waals surface area contributed by atoms with Crippen molar-refractivity contribution in [1.29, 1.82) is 0 Å². The van der Waals surface area contributed by atoms with E-state index < -0.39 is 0 Å². The highest BCUT2D eigenvalue weighted by atomic mass is 16.6. The first-order chi connectivity index (χ1) is 14.1. The molecule has 0 unspecified atom stereocenters. The van der Waals surface area contributed by atoms with E-state index in [1.54, 1.807) is 42.5 Å². The van der Waals surface area contributed by atoms with Gasteiger partial charge in [0.1, 0.15) is 13.2 Å². The smallest absolute Gasteiger partial charge is 0.255 e. The zero-order chi connectivity index (χ0) is 20.2. The van der Waals surface area contributed by atoms with Crippen LogP contribution in [0.1, 0.15) is 26.3 Å². The van der Waals surface area contributed by atoms with Crippen molar-refractivity contribution in [3.05, 3.63) is 83.4 Å². The second-order valence-electron chi connectivity index (χ2n) is 6.71. The molecule has 1 aliphatic rings. The summed E-state index contributed by atoms with van der Waals surface area (Å²) in [5.41, 5.74) is 3.38. The van der Waals surface area contributed by atoms with Crippen LogP contribution in [0.25, 0.3) is 0 Å². The number of anilines is 2. The molecular weight excluding hydrogens is 368 g/mol. The van der Waals surface area contributed by atoms with Crippen LogP contribution in [0.4, 0.5) is 11.4 Å². The number of carbonyl (C=O) groups excluding carboxylic acids is 2. The van der Waals surface area contributed by atoms with Crippen molar-refractivity contribution in [3.8, 4) is 11.5 Å². The van der Waals surface area contributed by atoms with Gasteiger partial charge in [-0.2, -0.15) is 0 Å². The molecule has 0 fully saturated rings. The van der Waals surface area contributed by atoms with Crippen LogP contribution in [-0.2, 0) is 0 Å². The standard InChI is InChI=1S/C23H20N2O4/c1-15-2-8-18(9-3-15)24-22(26)16-4-6-17(7-5-16)23(27)25-19-10-11-20-21(14-19)29-13-12-28-20/h2-11,14H,12-13H2,1H3,(H,24,26)(H,25,27). The summed E-state index contributed by atoms with van der Waals surface area (Å²) < 4.78 is 11.0. The molecule has 4 rings (SSSR count). The lowest BCUT2D eigenvalue weighted by atomic mass is 10.1. The summed E-state index contributed by atoms with van der Waals surface area (Å²) >= 11 is 0. The molecule has 2 N–H and O–H groups in total. The molecule has 0 aromatic heterocycles. The summed E-state index contributed by atoms with van der Waals surface area (Å²) in [6, 6.07) is 19.3. The molecule has 146 valence electrons. The zero-order valence-corrected chi connectivity index (χ0v) is 15.9. The first-order valence-corrected chi connectivity index (χ1v) is 9.27. The first-order valence-electron chi connectivity index (χ1n) is 9.27. The third kappa shape index (κ3) is 4.38. The van der Waals surface area contributed by atoms with Gasteiger partial charge in [0.2, 0.25) is 0 Å². The lowest BCUT2D eigenvalue weighted by Gasteiger charge is -2.19. The number of fused-ring (bicyclic) bond motifs is 1. The quantitative estimate of drug-likeness (QED) is 0.700. The van der Waals surface area contributed by atoms with Gasteiger partial charge in [-0.3, -0.25) is 9.59 Å². The van der Waals surface area contributed by atoms with Gasteiger partial charge < -0.3 is 20.1 Å². The third-order valence-corrected chi connectivity index (χ3v) is 4.52. The maximum Gasteiger partial charge on any atom is 0.255 e. The Morgan fingerprint density at radius 3 is 1.83 bits per heavy atom. The van der Waals surface area contributed by atoms with Crippen LogP contribution in [-0.4, -0.2) is 25.0 Å². The van der Waals surface area contributed by atoms with E-state index in [0.717, 1.165) is 11.3 Å². The van der Waals surface area contributed by atoms with E-state index in [1.807, 2.05) is 31.2 Å². The molecule has 0 spiro atoms. The largest absolute Gasteiger partial charge is 0.486 e. The SMILES string of the molecule is Cc1ccc(NC(=O)c2ccc(C(=O)Nc3ccc4c(c3)OCCO4)cc2)cc1. The van der Waals surface area contributed by atoms with Crippen molar-refractivity contribution in [2.45, 2.75) is 6.92 Å². The number of nitrogens with one attached hydrogen (secondary N) is 2. The van der Waals surface area contributed by atoms with E-state index in [4.69, 9.17) is 9.47 Å². The fourth-order valence-corrected chi connectivity index (χ4v) is 2.94. The van der Waals surface area contributed by atoms with E-state index in [2.05, 4.69) is 10.6 Å². The monoisotopic (exact) mass is 388 g/mol. The second kappa shape index (κ2) is 8.06. The number of amides is 2. The predicted octanol–water partition coefficient (Wildman–Crippen LogP) is 4.27.